The van der Waals surface area contributed by atoms with Gasteiger partial charge in [0.2, 0.25) is 5.78 Å². The Morgan fingerprint density at radius 3 is 2.54 bits per heavy atom. The van der Waals surface area contributed by atoms with Gasteiger partial charge in [-0.2, -0.15) is 0 Å². The molecule has 0 radical (unpaired) electrons. The molecule has 0 saturated carbocycles. The van der Waals surface area contributed by atoms with Crippen molar-refractivity contribution in [2.45, 2.75) is 19.3 Å². The van der Waals surface area contributed by atoms with Crippen LogP contribution in [0.2, 0.25) is 0 Å². The van der Waals surface area contributed by atoms with E-state index in [1.807, 2.05) is 49.5 Å². The molecule has 1 aliphatic carbocycles. The molecule has 0 bridgehead atoms. The van der Waals surface area contributed by atoms with Crippen LogP contribution < -0.4 is 4.90 Å². The molecule has 5 rings (SSSR count). The van der Waals surface area contributed by atoms with Crippen LogP contribution in [0.4, 0.5) is 11.4 Å². The van der Waals surface area contributed by atoms with E-state index < -0.39 is 0 Å². The maximum absolute atomic E-state index is 12.9. The fourth-order valence-corrected chi connectivity index (χ4v) is 4.42. The highest BCUT2D eigenvalue weighted by atomic mass is 16.3. The first-order valence-corrected chi connectivity index (χ1v) is 9.32. The molecule has 28 heavy (non-hydrogen) atoms. The van der Waals surface area contributed by atoms with Crippen LogP contribution in [0, 0.1) is 0 Å². The van der Waals surface area contributed by atoms with Crippen LogP contribution >= 0.6 is 0 Å². The van der Waals surface area contributed by atoms with Gasteiger partial charge in [0.1, 0.15) is 5.76 Å². The van der Waals surface area contributed by atoms with Crippen molar-refractivity contribution >= 4 is 28.9 Å². The van der Waals surface area contributed by atoms with Gasteiger partial charge in [-0.05, 0) is 23.8 Å². The van der Waals surface area contributed by atoms with Crippen LogP contribution in [-0.4, -0.2) is 24.2 Å². The van der Waals surface area contributed by atoms with E-state index >= 15 is 0 Å². The van der Waals surface area contributed by atoms with Crippen LogP contribution in [0.3, 0.4) is 0 Å². The summed E-state index contributed by atoms with van der Waals surface area (Å²) in [5, 5.41) is 10.7. The number of likely N-dealkylation sites (N-methyl/N-ethyl adjacent to an activating group) is 1. The summed E-state index contributed by atoms with van der Waals surface area (Å²) in [6.45, 7) is 4.28. The van der Waals surface area contributed by atoms with Gasteiger partial charge >= 0.3 is 0 Å². The van der Waals surface area contributed by atoms with Crippen LogP contribution in [0.1, 0.15) is 25.0 Å². The van der Waals surface area contributed by atoms with Crippen LogP contribution in [0.25, 0.3) is 5.57 Å². The Bertz CT molecular complexity index is 1180. The van der Waals surface area contributed by atoms with Crippen LogP contribution in [-0.2, 0) is 10.2 Å². The first kappa shape index (κ1) is 16.8. The van der Waals surface area contributed by atoms with E-state index in [1.54, 1.807) is 6.21 Å². The Balaban J connectivity index is 1.61. The number of benzene rings is 2. The summed E-state index contributed by atoms with van der Waals surface area (Å²) in [4.78, 5) is 19.4. The molecule has 0 spiro atoms. The number of para-hydroxylation sites is 2. The Hall–Kier alpha value is -3.40. The zero-order valence-corrected chi connectivity index (χ0v) is 16.0. The molecule has 0 saturated heterocycles. The molecule has 3 aliphatic rings. The number of aliphatic hydroxyl groups is 1. The third kappa shape index (κ3) is 2.06. The maximum atomic E-state index is 12.9. The summed E-state index contributed by atoms with van der Waals surface area (Å²) in [6.07, 6.45) is 3.50. The van der Waals surface area contributed by atoms with Crippen molar-refractivity contribution < 1.29 is 9.90 Å². The molecular weight excluding hydrogens is 348 g/mol. The van der Waals surface area contributed by atoms with Crippen molar-refractivity contribution in [2.75, 3.05) is 11.9 Å². The summed E-state index contributed by atoms with van der Waals surface area (Å²) in [7, 11) is 2.00. The third-order valence-electron chi connectivity index (χ3n) is 5.98. The number of Topliss-reactive ketones (excluding diaryl/α,β-unsaturated/α-hetero) is 1. The lowest BCUT2D eigenvalue weighted by atomic mass is 9.79. The largest absolute Gasteiger partial charge is 0.506 e. The van der Waals surface area contributed by atoms with Crippen molar-refractivity contribution in [3.63, 3.8) is 0 Å². The molecule has 0 atom stereocenters. The molecule has 1 N–H and O–H groups in total. The van der Waals surface area contributed by atoms with E-state index in [0.717, 1.165) is 22.6 Å². The minimum absolute atomic E-state index is 0.0517. The zero-order chi connectivity index (χ0) is 19.6. The number of allylic oxidation sites excluding steroid dienone is 5. The predicted molar refractivity (Wildman–Crippen MR) is 112 cm³/mol. The topological polar surface area (TPSA) is 52.9 Å². The number of aliphatic hydroxyl groups excluding tert-OH is 1. The highest BCUT2D eigenvalue weighted by molar-refractivity contribution is 6.33. The minimum Gasteiger partial charge on any atom is -0.506 e. The molecule has 0 amide bonds. The lowest BCUT2D eigenvalue weighted by Crippen LogP contribution is -2.27. The number of aliphatic imine (C=N–C) groups is 1. The smallest absolute Gasteiger partial charge is 0.201 e. The number of hydrogen-bond acceptors (Lipinski definition) is 4. The highest BCUT2D eigenvalue weighted by Crippen LogP contribution is 2.48. The SMILES string of the molecule is CN1C(=CC2=C(O)C(=C3C=Nc4ccccc43)C2=O)C(C)(C)c2ccccc21. The van der Waals surface area contributed by atoms with Crippen LogP contribution in [0.5, 0.6) is 0 Å². The third-order valence-corrected chi connectivity index (χ3v) is 5.98. The number of rotatable bonds is 1. The van der Waals surface area contributed by atoms with Crippen molar-refractivity contribution in [1.82, 2.24) is 0 Å². The molecular formula is C24H20N2O2. The Kier molecular flexibility index (Phi) is 3.32. The zero-order valence-electron chi connectivity index (χ0n) is 16.0. The number of ketones is 1. The molecule has 2 aromatic carbocycles. The van der Waals surface area contributed by atoms with E-state index in [-0.39, 0.29) is 17.0 Å². The Labute approximate surface area is 163 Å². The molecule has 2 heterocycles. The van der Waals surface area contributed by atoms with Gasteiger partial charge in [0.05, 0.1) is 16.8 Å². The molecule has 4 nitrogen and oxygen atoms in total. The number of hydrogen-bond donors (Lipinski definition) is 1. The van der Waals surface area contributed by atoms with Gasteiger partial charge in [0, 0.05) is 41.2 Å². The van der Waals surface area contributed by atoms with Crippen molar-refractivity contribution in [2.24, 2.45) is 4.99 Å². The Morgan fingerprint density at radius 2 is 1.79 bits per heavy atom. The quantitative estimate of drug-likeness (QED) is 0.731. The van der Waals surface area contributed by atoms with Gasteiger partial charge < -0.3 is 10.0 Å². The minimum atomic E-state index is -0.247. The van der Waals surface area contributed by atoms with E-state index in [0.29, 0.717) is 16.7 Å². The molecule has 2 aliphatic heterocycles. The van der Waals surface area contributed by atoms with E-state index in [1.165, 1.54) is 5.56 Å². The summed E-state index contributed by atoms with van der Waals surface area (Å²) in [5.74, 6) is -0.0841. The van der Waals surface area contributed by atoms with Crippen molar-refractivity contribution in [3.05, 3.63) is 88.3 Å². The van der Waals surface area contributed by atoms with E-state index in [4.69, 9.17) is 0 Å². The lowest BCUT2D eigenvalue weighted by molar-refractivity contribution is -0.113. The molecule has 0 aromatic heterocycles. The first-order chi connectivity index (χ1) is 13.4. The van der Waals surface area contributed by atoms with Crippen LogP contribution in [0.15, 0.2) is 82.2 Å². The van der Waals surface area contributed by atoms with Gasteiger partial charge in [-0.25, -0.2) is 0 Å². The normalized spacial score (nSPS) is 23.3. The molecule has 138 valence electrons. The Morgan fingerprint density at radius 1 is 1.07 bits per heavy atom. The second-order valence-corrected chi connectivity index (χ2v) is 7.89. The fourth-order valence-electron chi connectivity index (χ4n) is 4.42. The first-order valence-electron chi connectivity index (χ1n) is 9.32. The summed E-state index contributed by atoms with van der Waals surface area (Å²) >= 11 is 0. The molecule has 2 aromatic rings. The molecule has 0 unspecified atom stereocenters. The highest BCUT2D eigenvalue weighted by Gasteiger charge is 2.42. The second-order valence-electron chi connectivity index (χ2n) is 7.89. The van der Waals surface area contributed by atoms with Gasteiger partial charge in [0.15, 0.2) is 0 Å². The predicted octanol–water partition coefficient (Wildman–Crippen LogP) is 4.86. The lowest BCUT2D eigenvalue weighted by Gasteiger charge is -2.27. The average molecular weight is 368 g/mol. The standard InChI is InChI=1S/C24H20N2O2/c1-24(2)17-9-5-7-11-19(17)26(3)20(24)12-15-22(27)21(23(15)28)16-13-25-18-10-6-4-8-14(16)18/h4-13,27H,1-3H3. The monoisotopic (exact) mass is 368 g/mol. The van der Waals surface area contributed by atoms with Gasteiger partial charge in [-0.1, -0.05) is 50.2 Å². The van der Waals surface area contributed by atoms with Crippen molar-refractivity contribution in [3.8, 4) is 0 Å². The van der Waals surface area contributed by atoms with Gasteiger partial charge in [-0.3, -0.25) is 9.79 Å². The van der Waals surface area contributed by atoms with E-state index in [2.05, 4.69) is 35.9 Å². The maximum Gasteiger partial charge on any atom is 0.201 e. The number of anilines is 1. The average Bonchev–Trinajstić information content (AvgIpc) is 3.19. The number of carbonyl (C=O) groups is 1. The second kappa shape index (κ2) is 5.55. The molecule has 4 heteroatoms. The number of fused-ring (bicyclic) bond motifs is 2. The summed E-state index contributed by atoms with van der Waals surface area (Å²) in [5.41, 5.74) is 6.21. The fraction of sp³-hybridized carbons (Fsp3) is 0.167. The summed E-state index contributed by atoms with van der Waals surface area (Å²) < 4.78 is 0. The number of carbonyl (C=O) groups excluding carboxylic acids is 1. The van der Waals surface area contributed by atoms with Gasteiger partial charge in [-0.15, -0.1) is 0 Å². The van der Waals surface area contributed by atoms with Crippen molar-refractivity contribution in [1.29, 1.82) is 0 Å². The molecule has 0 fully saturated rings. The van der Waals surface area contributed by atoms with E-state index in [9.17, 15) is 9.90 Å². The summed E-state index contributed by atoms with van der Waals surface area (Å²) in [6, 6.07) is 15.9. The number of nitrogens with zero attached hydrogens (tertiary/aromatic N) is 2. The van der Waals surface area contributed by atoms with Gasteiger partial charge in [0.25, 0.3) is 0 Å².